The zero-order valence-electron chi connectivity index (χ0n) is 39.5. The Morgan fingerprint density at radius 1 is 0.609 bits per heavy atom. The first-order chi connectivity index (χ1) is 33.0. The normalized spacial score (nSPS) is 13.1. The van der Waals surface area contributed by atoms with E-state index in [4.69, 9.17) is 28.3 Å². The SMILES string of the molecule is CC(C)(C)c1cc(-c2csc(-c3ccc(C(=O)N4CCCc5ncccc54)cc3Cl)c2)ccn1.CC(C)(C)c1cc(-c2csc(-c3ccc(C(=O)O)cc3Cl)c2)ccn1.c1cnc2c(c1)NCCC2. The number of nitrogens with zero attached hydrogens (tertiary/aromatic N) is 5. The Balaban J connectivity index is 0.000000159. The molecule has 0 spiro atoms. The number of pyridine rings is 4. The van der Waals surface area contributed by atoms with Crippen molar-refractivity contribution in [1.82, 2.24) is 19.9 Å². The number of aromatic nitrogens is 4. The lowest BCUT2D eigenvalue weighted by atomic mass is 9.90. The van der Waals surface area contributed by atoms with Crippen LogP contribution < -0.4 is 10.2 Å². The van der Waals surface area contributed by atoms with Gasteiger partial charge in [0.1, 0.15) is 0 Å². The maximum Gasteiger partial charge on any atom is 0.335 e. The van der Waals surface area contributed by atoms with Crippen LogP contribution in [0.5, 0.6) is 0 Å². The van der Waals surface area contributed by atoms with Gasteiger partial charge in [0.2, 0.25) is 0 Å². The molecule has 0 saturated carbocycles. The zero-order valence-corrected chi connectivity index (χ0v) is 42.7. The van der Waals surface area contributed by atoms with Crippen LogP contribution >= 0.6 is 45.9 Å². The molecule has 2 aromatic carbocycles. The molecule has 10 rings (SSSR count). The second kappa shape index (κ2) is 21.2. The molecule has 69 heavy (non-hydrogen) atoms. The summed E-state index contributed by atoms with van der Waals surface area (Å²) in [7, 11) is 0. The molecule has 0 unspecified atom stereocenters. The molecule has 0 radical (unpaired) electrons. The van der Waals surface area contributed by atoms with Gasteiger partial charge in [-0.25, -0.2) is 4.79 Å². The third-order valence-corrected chi connectivity index (χ3v) is 14.4. The minimum atomic E-state index is -0.980. The molecule has 6 aromatic heterocycles. The van der Waals surface area contributed by atoms with Crippen LogP contribution in [0.3, 0.4) is 0 Å². The highest BCUT2D eigenvalue weighted by Crippen LogP contribution is 2.40. The molecule has 8 aromatic rings. The van der Waals surface area contributed by atoms with Gasteiger partial charge in [-0.3, -0.25) is 24.7 Å². The first kappa shape index (κ1) is 49.2. The van der Waals surface area contributed by atoms with Gasteiger partial charge >= 0.3 is 5.97 Å². The number of fused-ring (bicyclic) bond motifs is 2. The monoisotopic (exact) mass is 992 g/mol. The number of carbonyl (C=O) groups excluding carboxylic acids is 1. The molecule has 352 valence electrons. The van der Waals surface area contributed by atoms with E-state index in [0.29, 0.717) is 22.2 Å². The van der Waals surface area contributed by atoms with Crippen LogP contribution in [0.25, 0.3) is 43.1 Å². The van der Waals surface area contributed by atoms with E-state index in [1.54, 1.807) is 47.1 Å². The van der Waals surface area contributed by atoms with Crippen LogP contribution in [0.4, 0.5) is 11.4 Å². The highest BCUT2D eigenvalue weighted by molar-refractivity contribution is 7.14. The Labute approximate surface area is 422 Å². The van der Waals surface area contributed by atoms with Gasteiger partial charge in [0.25, 0.3) is 5.91 Å². The number of benzene rings is 2. The van der Waals surface area contributed by atoms with Gasteiger partial charge in [-0.2, -0.15) is 0 Å². The number of thiophene rings is 2. The van der Waals surface area contributed by atoms with E-state index in [1.807, 2.05) is 66.0 Å². The van der Waals surface area contributed by atoms with Crippen molar-refractivity contribution in [3.8, 4) is 43.1 Å². The average Bonchev–Trinajstić information content (AvgIpc) is 4.05. The van der Waals surface area contributed by atoms with Gasteiger partial charge in [0, 0.05) is 86.5 Å². The number of carboxylic acid groups (broad SMARTS) is 1. The maximum absolute atomic E-state index is 13.3. The second-order valence-corrected chi connectivity index (χ2v) is 21.6. The number of amides is 1. The molecular weight excluding hydrogens is 940 g/mol. The van der Waals surface area contributed by atoms with Gasteiger partial charge in [0.15, 0.2) is 0 Å². The maximum atomic E-state index is 13.3. The van der Waals surface area contributed by atoms with E-state index in [-0.39, 0.29) is 22.3 Å². The number of hydrogen-bond acceptors (Lipinski definition) is 9. The van der Waals surface area contributed by atoms with Crippen LogP contribution in [-0.4, -0.2) is 50.0 Å². The van der Waals surface area contributed by atoms with E-state index in [0.717, 1.165) is 91.7 Å². The number of anilines is 2. The van der Waals surface area contributed by atoms with Gasteiger partial charge < -0.3 is 15.3 Å². The standard InChI is InChI=1S/C28H26ClN3OS.C20H18ClNO2S.C8H10N2/c1-28(2,3)26-16-18(10-12-31-26)20-15-25(34-17-20)21-9-8-19(14-22(21)29)27(33)32-13-5-6-23-24(32)7-4-11-30-23;1-20(2,3)18-10-12(6-7-22-18)14-9-17(25-11-14)15-5-4-13(19(23)24)8-16(15)21;1-3-7-8(9-5-1)4-2-6-10-7/h4,7-12,14-17H,5-6,13H2,1-3H3;4-11H,1-3H3,(H,23,24);1,3,5,10H,2,4,6H2. The summed E-state index contributed by atoms with van der Waals surface area (Å²) in [5.41, 5.74) is 13.4. The van der Waals surface area contributed by atoms with Crippen LogP contribution in [0, 0.1) is 0 Å². The number of aryl methyl sites for hydroxylation is 2. The number of carbonyl (C=O) groups is 2. The Morgan fingerprint density at radius 2 is 1.14 bits per heavy atom. The number of rotatable bonds is 6. The van der Waals surface area contributed by atoms with Crippen molar-refractivity contribution in [2.75, 3.05) is 23.3 Å². The largest absolute Gasteiger partial charge is 0.478 e. The zero-order chi connectivity index (χ0) is 48.9. The van der Waals surface area contributed by atoms with Gasteiger partial charge in [-0.05, 0) is 144 Å². The van der Waals surface area contributed by atoms with E-state index in [9.17, 15) is 9.59 Å². The molecule has 2 aliphatic heterocycles. The summed E-state index contributed by atoms with van der Waals surface area (Å²) in [6.45, 7) is 14.7. The fourth-order valence-corrected chi connectivity index (χ4v) is 10.6. The minimum absolute atomic E-state index is 0.00846. The van der Waals surface area contributed by atoms with Crippen molar-refractivity contribution in [3.05, 3.63) is 177 Å². The Bertz CT molecular complexity index is 3110. The summed E-state index contributed by atoms with van der Waals surface area (Å²) in [6, 6.07) is 30.9. The van der Waals surface area contributed by atoms with E-state index in [1.165, 1.54) is 23.9 Å². The lowest BCUT2D eigenvalue weighted by Crippen LogP contribution is -2.35. The lowest BCUT2D eigenvalue weighted by Gasteiger charge is -2.28. The summed E-state index contributed by atoms with van der Waals surface area (Å²) in [5, 5.41) is 17.6. The first-order valence-corrected chi connectivity index (χ1v) is 25.4. The highest BCUT2D eigenvalue weighted by atomic mass is 35.5. The van der Waals surface area contributed by atoms with Crippen molar-refractivity contribution in [3.63, 3.8) is 0 Å². The summed E-state index contributed by atoms with van der Waals surface area (Å²) in [6.07, 6.45) is 11.5. The lowest BCUT2D eigenvalue weighted by molar-refractivity contribution is 0.0696. The number of carboxylic acids is 1. The molecule has 2 aliphatic rings. The van der Waals surface area contributed by atoms with Crippen molar-refractivity contribution in [2.24, 2.45) is 0 Å². The summed E-state index contributed by atoms with van der Waals surface area (Å²) < 4.78 is 0. The third kappa shape index (κ3) is 11.8. The number of nitrogens with one attached hydrogen (secondary N) is 1. The number of hydrogen-bond donors (Lipinski definition) is 2. The molecule has 0 bridgehead atoms. The van der Waals surface area contributed by atoms with Gasteiger partial charge in [-0.15, -0.1) is 22.7 Å². The quantitative estimate of drug-likeness (QED) is 0.169. The first-order valence-electron chi connectivity index (χ1n) is 22.9. The third-order valence-electron chi connectivity index (χ3n) is 11.9. The Morgan fingerprint density at radius 3 is 1.70 bits per heavy atom. The number of aromatic carboxylic acids is 1. The molecule has 8 heterocycles. The van der Waals surface area contributed by atoms with Crippen LogP contribution in [0.1, 0.15) is 97.9 Å². The minimum Gasteiger partial charge on any atom is -0.478 e. The molecule has 0 atom stereocenters. The average molecular weight is 994 g/mol. The second-order valence-electron chi connectivity index (χ2n) is 19.0. The number of halogens is 2. The van der Waals surface area contributed by atoms with Crippen molar-refractivity contribution in [1.29, 1.82) is 0 Å². The van der Waals surface area contributed by atoms with Crippen molar-refractivity contribution < 1.29 is 14.7 Å². The molecule has 0 saturated heterocycles. The van der Waals surface area contributed by atoms with Crippen molar-refractivity contribution in [2.45, 2.75) is 78.1 Å². The molecule has 2 N–H and O–H groups in total. The van der Waals surface area contributed by atoms with Gasteiger partial charge in [0.05, 0.1) is 38.4 Å². The predicted molar refractivity (Wildman–Crippen MR) is 286 cm³/mol. The van der Waals surface area contributed by atoms with E-state index < -0.39 is 5.97 Å². The smallest absolute Gasteiger partial charge is 0.335 e. The fraction of sp³-hybridized carbons (Fsp3) is 0.250. The summed E-state index contributed by atoms with van der Waals surface area (Å²) in [5.74, 6) is -1.02. The molecule has 0 fully saturated rings. The molecule has 13 heteroatoms. The van der Waals surface area contributed by atoms with Crippen LogP contribution in [-0.2, 0) is 23.7 Å². The van der Waals surface area contributed by atoms with Gasteiger partial charge in [-0.1, -0.05) is 76.9 Å². The molecule has 9 nitrogen and oxygen atoms in total. The summed E-state index contributed by atoms with van der Waals surface area (Å²) in [4.78, 5) is 45.9. The van der Waals surface area contributed by atoms with E-state index >= 15 is 0 Å². The van der Waals surface area contributed by atoms with Crippen LogP contribution in [0.2, 0.25) is 10.0 Å². The predicted octanol–water partition coefficient (Wildman–Crippen LogP) is 15.0. The topological polar surface area (TPSA) is 121 Å². The van der Waals surface area contributed by atoms with E-state index in [2.05, 4.69) is 108 Å². The van der Waals surface area contributed by atoms with Crippen molar-refractivity contribution >= 4 is 69.1 Å². The molecule has 1 amide bonds. The molecular formula is C56H54Cl2N6O3S2. The Kier molecular flexibility index (Phi) is 15.1. The fourth-order valence-electron chi connectivity index (χ4n) is 8.03. The Hall–Kier alpha value is -6.24. The molecule has 0 aliphatic carbocycles. The summed E-state index contributed by atoms with van der Waals surface area (Å²) >= 11 is 16.2. The van der Waals surface area contributed by atoms with Crippen LogP contribution in [0.15, 0.2) is 133 Å². The highest BCUT2D eigenvalue weighted by Gasteiger charge is 2.25.